The first kappa shape index (κ1) is 15.5. The highest BCUT2D eigenvalue weighted by Crippen LogP contribution is 2.26. The lowest BCUT2D eigenvalue weighted by molar-refractivity contribution is -0.0967. The van der Waals surface area contributed by atoms with E-state index in [2.05, 4.69) is 30.7 Å². The molecule has 1 aliphatic rings. The fourth-order valence-electron chi connectivity index (χ4n) is 2.64. The SMILES string of the molecule is COC1(CO)CCCN(Cc2coc(C(C)(C)C)n2)C1. The van der Waals surface area contributed by atoms with Gasteiger partial charge in [-0.15, -0.1) is 0 Å². The molecule has 1 unspecified atom stereocenters. The molecule has 20 heavy (non-hydrogen) atoms. The molecule has 1 aliphatic heterocycles. The summed E-state index contributed by atoms with van der Waals surface area (Å²) in [6.45, 7) is 8.80. The molecule has 2 rings (SSSR count). The van der Waals surface area contributed by atoms with Gasteiger partial charge in [0.25, 0.3) is 0 Å². The Kier molecular flexibility index (Phi) is 4.52. The summed E-state index contributed by atoms with van der Waals surface area (Å²) in [7, 11) is 1.67. The molecule has 0 saturated carbocycles. The first-order valence-corrected chi connectivity index (χ1v) is 7.22. The highest BCUT2D eigenvalue weighted by atomic mass is 16.5. The molecule has 1 saturated heterocycles. The van der Waals surface area contributed by atoms with Crippen LogP contribution in [0.25, 0.3) is 0 Å². The summed E-state index contributed by atoms with van der Waals surface area (Å²) in [5, 5.41) is 9.55. The number of oxazole rings is 1. The van der Waals surface area contributed by atoms with Crippen molar-refractivity contribution in [3.8, 4) is 0 Å². The van der Waals surface area contributed by atoms with Crippen molar-refractivity contribution in [3.63, 3.8) is 0 Å². The third-order valence-electron chi connectivity index (χ3n) is 3.92. The zero-order valence-corrected chi connectivity index (χ0v) is 13.0. The van der Waals surface area contributed by atoms with Gasteiger partial charge in [-0.05, 0) is 19.4 Å². The number of ether oxygens (including phenoxy) is 1. The van der Waals surface area contributed by atoms with Gasteiger partial charge in [0, 0.05) is 25.6 Å². The van der Waals surface area contributed by atoms with Crippen molar-refractivity contribution in [2.45, 2.75) is 51.2 Å². The molecule has 1 atom stereocenters. The largest absolute Gasteiger partial charge is 0.448 e. The Morgan fingerprint density at radius 1 is 1.50 bits per heavy atom. The van der Waals surface area contributed by atoms with Crippen molar-refractivity contribution in [1.29, 1.82) is 0 Å². The van der Waals surface area contributed by atoms with Crippen LogP contribution in [0.2, 0.25) is 0 Å². The number of piperidine rings is 1. The van der Waals surface area contributed by atoms with Crippen LogP contribution in [0.4, 0.5) is 0 Å². The molecule has 5 heteroatoms. The molecule has 0 aromatic carbocycles. The lowest BCUT2D eigenvalue weighted by atomic mass is 9.93. The molecule has 0 aliphatic carbocycles. The Labute approximate surface area is 120 Å². The van der Waals surface area contributed by atoms with Gasteiger partial charge >= 0.3 is 0 Å². The average Bonchev–Trinajstić information content (AvgIpc) is 2.87. The summed E-state index contributed by atoms with van der Waals surface area (Å²) < 4.78 is 11.1. The first-order valence-electron chi connectivity index (χ1n) is 7.22. The van der Waals surface area contributed by atoms with Crippen LogP contribution in [-0.4, -0.2) is 47.4 Å². The maximum atomic E-state index is 9.55. The number of aromatic nitrogens is 1. The fraction of sp³-hybridized carbons (Fsp3) is 0.800. The van der Waals surface area contributed by atoms with E-state index >= 15 is 0 Å². The van der Waals surface area contributed by atoms with Gasteiger partial charge in [-0.1, -0.05) is 20.8 Å². The van der Waals surface area contributed by atoms with Gasteiger partial charge in [0.2, 0.25) is 0 Å². The molecule has 5 nitrogen and oxygen atoms in total. The molecule has 1 aromatic rings. The van der Waals surface area contributed by atoms with Crippen LogP contribution in [-0.2, 0) is 16.7 Å². The van der Waals surface area contributed by atoms with Crippen molar-refractivity contribution in [2.24, 2.45) is 0 Å². The quantitative estimate of drug-likeness (QED) is 0.914. The van der Waals surface area contributed by atoms with Crippen molar-refractivity contribution in [1.82, 2.24) is 9.88 Å². The fourth-order valence-corrected chi connectivity index (χ4v) is 2.64. The Morgan fingerprint density at radius 3 is 2.80 bits per heavy atom. The van der Waals surface area contributed by atoms with E-state index in [1.807, 2.05) is 0 Å². The van der Waals surface area contributed by atoms with Crippen molar-refractivity contribution in [2.75, 3.05) is 26.8 Å². The number of aliphatic hydroxyl groups excluding tert-OH is 1. The second-order valence-corrected chi connectivity index (χ2v) is 6.75. The lowest BCUT2D eigenvalue weighted by Gasteiger charge is -2.40. The van der Waals surface area contributed by atoms with Gasteiger partial charge in [-0.2, -0.15) is 0 Å². The van der Waals surface area contributed by atoms with Crippen molar-refractivity contribution < 1.29 is 14.3 Å². The predicted octanol–water partition coefficient (Wildman–Crippen LogP) is 1.95. The maximum Gasteiger partial charge on any atom is 0.199 e. The lowest BCUT2D eigenvalue weighted by Crippen LogP contribution is -2.51. The summed E-state index contributed by atoms with van der Waals surface area (Å²) in [6.07, 6.45) is 3.67. The van der Waals surface area contributed by atoms with Crippen molar-refractivity contribution in [3.05, 3.63) is 17.8 Å². The van der Waals surface area contributed by atoms with Gasteiger partial charge in [0.05, 0.1) is 12.3 Å². The molecule has 2 heterocycles. The topological polar surface area (TPSA) is 58.7 Å². The summed E-state index contributed by atoms with van der Waals surface area (Å²) >= 11 is 0. The normalized spacial score (nSPS) is 25.1. The number of methoxy groups -OCH3 is 1. The van der Waals surface area contributed by atoms with E-state index in [9.17, 15) is 5.11 Å². The maximum absolute atomic E-state index is 9.55. The van der Waals surface area contributed by atoms with Crippen LogP contribution in [0.5, 0.6) is 0 Å². The van der Waals surface area contributed by atoms with Crippen molar-refractivity contribution >= 4 is 0 Å². The average molecular weight is 282 g/mol. The predicted molar refractivity (Wildman–Crippen MR) is 76.5 cm³/mol. The van der Waals surface area contributed by atoms with E-state index in [-0.39, 0.29) is 12.0 Å². The number of nitrogens with zero attached hydrogens (tertiary/aromatic N) is 2. The molecule has 0 bridgehead atoms. The zero-order valence-electron chi connectivity index (χ0n) is 13.0. The van der Waals surface area contributed by atoms with Gasteiger partial charge in [0.1, 0.15) is 11.9 Å². The number of rotatable bonds is 4. The zero-order chi connectivity index (χ0) is 14.8. The molecule has 1 fully saturated rings. The van der Waals surface area contributed by atoms with Crippen LogP contribution >= 0.6 is 0 Å². The second-order valence-electron chi connectivity index (χ2n) is 6.75. The van der Waals surface area contributed by atoms with Crippen LogP contribution in [0.1, 0.15) is 45.2 Å². The summed E-state index contributed by atoms with van der Waals surface area (Å²) in [4.78, 5) is 6.83. The van der Waals surface area contributed by atoms with Crippen LogP contribution < -0.4 is 0 Å². The van der Waals surface area contributed by atoms with E-state index in [4.69, 9.17) is 9.15 Å². The summed E-state index contributed by atoms with van der Waals surface area (Å²) in [5.41, 5.74) is 0.455. The molecule has 0 spiro atoms. The molecule has 1 aromatic heterocycles. The van der Waals surface area contributed by atoms with Gasteiger partial charge in [-0.3, -0.25) is 4.90 Å². The second kappa shape index (κ2) is 5.84. The molecule has 0 radical (unpaired) electrons. The molecular weight excluding hydrogens is 256 g/mol. The van der Waals surface area contributed by atoms with E-state index in [1.165, 1.54) is 0 Å². The minimum absolute atomic E-state index is 0.0616. The number of aliphatic hydroxyl groups is 1. The van der Waals surface area contributed by atoms with Crippen LogP contribution in [0.3, 0.4) is 0 Å². The number of hydrogen-bond donors (Lipinski definition) is 1. The Hall–Kier alpha value is -0.910. The van der Waals surface area contributed by atoms with Crippen LogP contribution in [0, 0.1) is 0 Å². The van der Waals surface area contributed by atoms with E-state index < -0.39 is 5.60 Å². The first-order chi connectivity index (χ1) is 9.38. The molecular formula is C15H26N2O3. The standard InChI is InChI=1S/C15H26N2O3/c1-14(2,3)13-16-12(9-20-13)8-17-7-5-6-15(10-17,11-18)19-4/h9,18H,5-8,10-11H2,1-4H3. The minimum Gasteiger partial charge on any atom is -0.448 e. The Morgan fingerprint density at radius 2 is 2.25 bits per heavy atom. The number of likely N-dealkylation sites (tertiary alicyclic amines) is 1. The third kappa shape index (κ3) is 3.40. The molecule has 114 valence electrons. The third-order valence-corrected chi connectivity index (χ3v) is 3.92. The molecule has 1 N–H and O–H groups in total. The minimum atomic E-state index is -0.422. The Balaban J connectivity index is 2.01. The molecule has 0 amide bonds. The van der Waals surface area contributed by atoms with E-state index in [1.54, 1.807) is 13.4 Å². The van der Waals surface area contributed by atoms with Gasteiger partial charge < -0.3 is 14.3 Å². The van der Waals surface area contributed by atoms with E-state index in [0.717, 1.165) is 44.1 Å². The van der Waals surface area contributed by atoms with Gasteiger partial charge in [0.15, 0.2) is 5.89 Å². The highest BCUT2D eigenvalue weighted by molar-refractivity contribution is 5.04. The number of hydrogen-bond acceptors (Lipinski definition) is 5. The summed E-state index contributed by atoms with van der Waals surface area (Å²) in [5.74, 6) is 0.768. The smallest absolute Gasteiger partial charge is 0.199 e. The van der Waals surface area contributed by atoms with E-state index in [0.29, 0.717) is 0 Å². The highest BCUT2D eigenvalue weighted by Gasteiger charge is 2.35. The monoisotopic (exact) mass is 282 g/mol. The van der Waals surface area contributed by atoms with Gasteiger partial charge in [-0.25, -0.2) is 4.98 Å². The summed E-state index contributed by atoms with van der Waals surface area (Å²) in [6, 6.07) is 0. The Bertz CT molecular complexity index is 433. The van der Waals surface area contributed by atoms with Crippen LogP contribution in [0.15, 0.2) is 10.7 Å².